The Morgan fingerprint density at radius 2 is 1.97 bits per heavy atom. The van der Waals surface area contributed by atoms with Crippen molar-refractivity contribution in [3.8, 4) is 0 Å². The summed E-state index contributed by atoms with van der Waals surface area (Å²) in [6.45, 7) is 3.80. The third-order valence-corrected chi connectivity index (χ3v) is 7.07. The van der Waals surface area contributed by atoms with Gasteiger partial charge in [0.05, 0.1) is 5.92 Å². The molecule has 1 aliphatic heterocycles. The van der Waals surface area contributed by atoms with Crippen LogP contribution in [0, 0.1) is 12.8 Å². The van der Waals surface area contributed by atoms with Crippen molar-refractivity contribution in [2.75, 3.05) is 17.7 Å². The lowest BCUT2D eigenvalue weighted by Gasteiger charge is -2.46. The number of carbonyl (C=O) groups is 3. The highest BCUT2D eigenvalue weighted by Crippen LogP contribution is 2.35. The zero-order valence-corrected chi connectivity index (χ0v) is 22.1. The maximum Gasteiger partial charge on any atom is 0.252 e. The molecule has 4 rings (SSSR count). The average Bonchev–Trinajstić information content (AvgIpc) is 3.28. The van der Waals surface area contributed by atoms with Crippen LogP contribution in [0.15, 0.2) is 48.7 Å². The molecule has 2 aromatic heterocycles. The number of hydrogen-bond donors (Lipinski definition) is 1. The lowest BCUT2D eigenvalue weighted by molar-refractivity contribution is -0.170. The fraction of sp³-hybridized carbons (Fsp3) is 0.370. The van der Waals surface area contributed by atoms with Crippen LogP contribution < -0.4 is 10.6 Å². The summed E-state index contributed by atoms with van der Waals surface area (Å²) >= 11 is 6.16. The van der Waals surface area contributed by atoms with Gasteiger partial charge in [-0.25, -0.2) is 4.98 Å². The topological polar surface area (TPSA) is 114 Å². The van der Waals surface area contributed by atoms with E-state index in [-0.39, 0.29) is 36.5 Å². The molecule has 3 atom stereocenters. The number of nitrogens with zero attached hydrogens (tertiary/aromatic N) is 5. The smallest absolute Gasteiger partial charge is 0.252 e. The highest BCUT2D eigenvalue weighted by atomic mass is 35.5. The monoisotopic (exact) mass is 522 g/mol. The molecule has 0 aliphatic carbocycles. The molecule has 1 fully saturated rings. The van der Waals surface area contributed by atoms with E-state index in [0.29, 0.717) is 23.1 Å². The Balaban J connectivity index is 1.61. The van der Waals surface area contributed by atoms with E-state index in [9.17, 15) is 14.4 Å². The third kappa shape index (κ3) is 5.51. The van der Waals surface area contributed by atoms with E-state index in [1.165, 1.54) is 4.90 Å². The van der Waals surface area contributed by atoms with Crippen LogP contribution in [0.4, 0.5) is 11.6 Å². The Kier molecular flexibility index (Phi) is 7.63. The number of nitrogens with two attached hydrogens (primary N) is 1. The van der Waals surface area contributed by atoms with Crippen LogP contribution in [0.2, 0.25) is 5.02 Å². The van der Waals surface area contributed by atoms with Crippen molar-refractivity contribution in [3.05, 3.63) is 70.5 Å². The normalized spacial score (nSPS) is 17.9. The van der Waals surface area contributed by atoms with Crippen LogP contribution in [-0.4, -0.2) is 50.5 Å². The Morgan fingerprint density at radius 3 is 2.59 bits per heavy atom. The molecule has 1 aromatic carbocycles. The van der Waals surface area contributed by atoms with E-state index in [1.54, 1.807) is 43.2 Å². The molecule has 2 N–H and O–H groups in total. The Morgan fingerprint density at radius 1 is 1.22 bits per heavy atom. The molecule has 194 valence electrons. The number of pyridine rings is 1. The average molecular weight is 523 g/mol. The van der Waals surface area contributed by atoms with Gasteiger partial charge in [-0.15, -0.1) is 0 Å². The molecule has 3 heterocycles. The molecule has 0 radical (unpaired) electrons. The largest absolute Gasteiger partial charge is 0.384 e. The SMILES string of the molecule is CC[C@@H](CC(=O)N1C(=O)[C@H](Cc2cc(C)nc(N)c2)[C@H]1C(=O)N(C)c1ccn(C)n1)c1cccc(Cl)c1. The van der Waals surface area contributed by atoms with Crippen LogP contribution in [-0.2, 0) is 27.9 Å². The van der Waals surface area contributed by atoms with Gasteiger partial charge in [0.1, 0.15) is 11.9 Å². The summed E-state index contributed by atoms with van der Waals surface area (Å²) in [4.78, 5) is 47.2. The van der Waals surface area contributed by atoms with Gasteiger partial charge < -0.3 is 5.73 Å². The van der Waals surface area contributed by atoms with Gasteiger partial charge in [0.15, 0.2) is 5.82 Å². The summed E-state index contributed by atoms with van der Waals surface area (Å²) in [5, 5.41) is 4.88. The van der Waals surface area contributed by atoms with Crippen LogP contribution in [0.1, 0.15) is 42.5 Å². The number of carbonyl (C=O) groups excluding carboxylic acids is 3. The molecule has 9 nitrogen and oxygen atoms in total. The molecule has 0 spiro atoms. The van der Waals surface area contributed by atoms with Gasteiger partial charge >= 0.3 is 0 Å². The Labute approximate surface area is 221 Å². The number of anilines is 2. The highest BCUT2D eigenvalue weighted by molar-refractivity contribution is 6.30. The van der Waals surface area contributed by atoms with E-state index in [0.717, 1.165) is 21.7 Å². The molecule has 0 bridgehead atoms. The van der Waals surface area contributed by atoms with Gasteiger partial charge in [-0.2, -0.15) is 5.10 Å². The fourth-order valence-electron chi connectivity index (χ4n) is 4.91. The molecule has 3 amide bonds. The number of halogens is 1. The summed E-state index contributed by atoms with van der Waals surface area (Å²) in [7, 11) is 3.35. The molecule has 1 saturated heterocycles. The van der Waals surface area contributed by atoms with Gasteiger partial charge in [-0.05, 0) is 61.1 Å². The van der Waals surface area contributed by atoms with Crippen LogP contribution in [0.3, 0.4) is 0 Å². The third-order valence-electron chi connectivity index (χ3n) is 6.83. The first-order valence-electron chi connectivity index (χ1n) is 12.2. The first-order chi connectivity index (χ1) is 17.6. The summed E-state index contributed by atoms with van der Waals surface area (Å²) in [5.41, 5.74) is 8.34. The minimum atomic E-state index is -0.946. The number of amides is 3. The molecule has 3 aromatic rings. The van der Waals surface area contributed by atoms with Crippen molar-refractivity contribution in [1.29, 1.82) is 0 Å². The lowest BCUT2D eigenvalue weighted by atomic mass is 9.80. The highest BCUT2D eigenvalue weighted by Gasteiger charge is 2.55. The van der Waals surface area contributed by atoms with Crippen LogP contribution in [0.5, 0.6) is 0 Å². The number of likely N-dealkylation sites (N-methyl/N-ethyl adjacent to an activating group) is 1. The number of benzene rings is 1. The predicted octanol–water partition coefficient (Wildman–Crippen LogP) is 3.50. The van der Waals surface area contributed by atoms with E-state index in [1.807, 2.05) is 38.1 Å². The molecule has 10 heteroatoms. The van der Waals surface area contributed by atoms with E-state index in [2.05, 4.69) is 10.1 Å². The number of likely N-dealkylation sites (tertiary alicyclic amines) is 1. The molecule has 0 unspecified atom stereocenters. The number of nitrogen functional groups attached to an aromatic ring is 1. The van der Waals surface area contributed by atoms with E-state index in [4.69, 9.17) is 17.3 Å². The second-order valence-corrected chi connectivity index (χ2v) is 9.94. The number of imide groups is 1. The Hall–Kier alpha value is -3.72. The maximum atomic E-state index is 13.7. The molecule has 0 saturated carbocycles. The second-order valence-electron chi connectivity index (χ2n) is 9.51. The standard InChI is InChI=1S/C27H31ClN6O3/c1-5-18(19-7-6-8-20(28)14-19)15-24(35)34-25(27(37)33(4)23-9-10-32(3)31-23)21(26(34)36)12-17-11-16(2)30-22(29)13-17/h6-11,13-14,18,21,25H,5,12,15H2,1-4H3,(H2,29,30)/t18-,21+,25-/m0/s1. The first-order valence-corrected chi connectivity index (χ1v) is 12.6. The summed E-state index contributed by atoms with van der Waals surface area (Å²) < 4.78 is 1.59. The van der Waals surface area contributed by atoms with Gasteiger partial charge in [0.2, 0.25) is 11.8 Å². The minimum Gasteiger partial charge on any atom is -0.384 e. The zero-order valence-electron chi connectivity index (χ0n) is 21.4. The van der Waals surface area contributed by atoms with Crippen molar-refractivity contribution < 1.29 is 14.4 Å². The zero-order chi connectivity index (χ0) is 26.9. The number of rotatable bonds is 8. The van der Waals surface area contributed by atoms with Crippen molar-refractivity contribution >= 4 is 41.0 Å². The molecule has 37 heavy (non-hydrogen) atoms. The van der Waals surface area contributed by atoms with E-state index < -0.39 is 12.0 Å². The van der Waals surface area contributed by atoms with Gasteiger partial charge in [-0.3, -0.25) is 28.9 Å². The number of β-lactam (4-membered cyclic amide) rings is 1. The van der Waals surface area contributed by atoms with Crippen molar-refractivity contribution in [2.45, 2.75) is 45.1 Å². The maximum absolute atomic E-state index is 13.7. The summed E-state index contributed by atoms with van der Waals surface area (Å²) in [5.74, 6) is -1.17. The quantitative estimate of drug-likeness (QED) is 0.453. The second kappa shape index (κ2) is 10.7. The van der Waals surface area contributed by atoms with Crippen molar-refractivity contribution in [1.82, 2.24) is 19.7 Å². The van der Waals surface area contributed by atoms with Crippen LogP contribution in [0.25, 0.3) is 0 Å². The number of aryl methyl sites for hydroxylation is 2. The van der Waals surface area contributed by atoms with E-state index >= 15 is 0 Å². The fourth-order valence-corrected chi connectivity index (χ4v) is 5.11. The minimum absolute atomic E-state index is 0.0910. The Bertz CT molecular complexity index is 1320. The van der Waals surface area contributed by atoms with Crippen LogP contribution >= 0.6 is 11.6 Å². The van der Waals surface area contributed by atoms with Crippen molar-refractivity contribution in [3.63, 3.8) is 0 Å². The molecular weight excluding hydrogens is 492 g/mol. The van der Waals surface area contributed by atoms with Gasteiger partial charge in [0.25, 0.3) is 5.91 Å². The van der Waals surface area contributed by atoms with Gasteiger partial charge in [0, 0.05) is 43.5 Å². The summed E-state index contributed by atoms with van der Waals surface area (Å²) in [6.07, 6.45) is 2.77. The lowest BCUT2D eigenvalue weighted by Crippen LogP contribution is -2.69. The predicted molar refractivity (Wildman–Crippen MR) is 142 cm³/mol. The first kappa shape index (κ1) is 26.3. The number of hydrogen-bond acceptors (Lipinski definition) is 6. The molecule has 1 aliphatic rings. The number of aromatic nitrogens is 3. The molecular formula is C27H31ClN6O3. The summed E-state index contributed by atoms with van der Waals surface area (Å²) in [6, 6.07) is 11.7. The van der Waals surface area contributed by atoms with Crippen molar-refractivity contribution in [2.24, 2.45) is 13.0 Å². The van der Waals surface area contributed by atoms with Gasteiger partial charge in [-0.1, -0.05) is 30.7 Å².